The summed E-state index contributed by atoms with van der Waals surface area (Å²) in [5.74, 6) is 0. The summed E-state index contributed by atoms with van der Waals surface area (Å²) in [6.45, 7) is -0.278. The van der Waals surface area contributed by atoms with E-state index in [2.05, 4.69) is 0 Å². The Balaban J connectivity index is 2.16. The summed E-state index contributed by atoms with van der Waals surface area (Å²) in [6.07, 6.45) is -3.16. The molecule has 2 rings (SSSR count). The van der Waals surface area contributed by atoms with Gasteiger partial charge in [0.15, 0.2) is 0 Å². The molecule has 0 saturated carbocycles. The molecule has 0 aromatic carbocycles. The lowest BCUT2D eigenvalue weighted by Gasteiger charge is -2.12. The van der Waals surface area contributed by atoms with Gasteiger partial charge in [0.25, 0.3) is 0 Å². The number of aliphatic hydroxyl groups excluding tert-OH is 3. The van der Waals surface area contributed by atoms with E-state index in [4.69, 9.17) is 9.84 Å². The Labute approximate surface area is 85.4 Å². The summed E-state index contributed by atoms with van der Waals surface area (Å²) in [5.41, 5.74) is 0. The first-order chi connectivity index (χ1) is 6.74. The van der Waals surface area contributed by atoms with Gasteiger partial charge >= 0.3 is 0 Å². The van der Waals surface area contributed by atoms with E-state index in [1.807, 2.05) is 17.5 Å². The summed E-state index contributed by atoms with van der Waals surface area (Å²) < 4.78 is 5.34. The Hall–Kier alpha value is -0.460. The van der Waals surface area contributed by atoms with E-state index in [0.29, 0.717) is 0 Å². The highest BCUT2D eigenvalue weighted by Gasteiger charge is 2.43. The minimum atomic E-state index is -1.01. The van der Waals surface area contributed by atoms with Gasteiger partial charge < -0.3 is 20.1 Å². The minimum absolute atomic E-state index is 0.278. The van der Waals surface area contributed by atoms with Gasteiger partial charge in [0.1, 0.15) is 24.4 Å². The number of aliphatic hydroxyl groups is 3. The molecule has 1 aromatic rings. The monoisotopic (exact) mass is 216 g/mol. The lowest BCUT2D eigenvalue weighted by atomic mass is 10.1. The SMILES string of the molecule is OC[C@H]1O[C@H](c2cccs2)[C@H](O)[C@@H]1O. The molecule has 1 aliphatic rings. The largest absolute Gasteiger partial charge is 0.394 e. The van der Waals surface area contributed by atoms with Crippen LogP contribution in [0.4, 0.5) is 0 Å². The molecule has 4 nitrogen and oxygen atoms in total. The van der Waals surface area contributed by atoms with Crippen LogP contribution in [0.3, 0.4) is 0 Å². The van der Waals surface area contributed by atoms with Crippen molar-refractivity contribution in [3.05, 3.63) is 22.4 Å². The predicted octanol–water partition coefficient (Wildman–Crippen LogP) is -0.0979. The van der Waals surface area contributed by atoms with E-state index < -0.39 is 24.4 Å². The molecule has 0 amide bonds. The van der Waals surface area contributed by atoms with Gasteiger partial charge in [0, 0.05) is 4.88 Å². The second-order valence-corrected chi connectivity index (χ2v) is 4.25. The average Bonchev–Trinajstić information content (AvgIpc) is 2.78. The van der Waals surface area contributed by atoms with Gasteiger partial charge in [-0.25, -0.2) is 0 Å². The zero-order chi connectivity index (χ0) is 10.1. The van der Waals surface area contributed by atoms with Crippen LogP contribution in [0, 0.1) is 0 Å². The quantitative estimate of drug-likeness (QED) is 0.646. The first-order valence-corrected chi connectivity index (χ1v) is 5.28. The van der Waals surface area contributed by atoms with Gasteiger partial charge in [0.2, 0.25) is 0 Å². The molecule has 0 unspecified atom stereocenters. The van der Waals surface area contributed by atoms with Crippen LogP contribution in [0.25, 0.3) is 0 Å². The Morgan fingerprint density at radius 2 is 2.14 bits per heavy atom. The standard InChI is InChI=1S/C9H12O4S/c10-4-5-7(11)8(12)9(13-5)6-2-1-3-14-6/h1-3,5,7-12H,4H2/t5-,7-,8-,9-/m1/s1. The first kappa shape index (κ1) is 10.1. The van der Waals surface area contributed by atoms with Crippen LogP contribution >= 0.6 is 11.3 Å². The molecule has 1 fully saturated rings. The summed E-state index contributed by atoms with van der Waals surface area (Å²) in [6, 6.07) is 3.69. The molecular formula is C9H12O4S. The lowest BCUT2D eigenvalue weighted by molar-refractivity contribution is -0.0217. The van der Waals surface area contributed by atoms with E-state index in [9.17, 15) is 10.2 Å². The maximum absolute atomic E-state index is 9.65. The number of hydrogen-bond donors (Lipinski definition) is 3. The van der Waals surface area contributed by atoms with Gasteiger partial charge in [-0.1, -0.05) is 6.07 Å². The van der Waals surface area contributed by atoms with E-state index >= 15 is 0 Å². The van der Waals surface area contributed by atoms with E-state index in [-0.39, 0.29) is 6.61 Å². The Kier molecular flexibility index (Phi) is 2.85. The molecule has 5 heteroatoms. The molecule has 1 saturated heterocycles. The third-order valence-corrected chi connectivity index (χ3v) is 3.30. The van der Waals surface area contributed by atoms with Crippen molar-refractivity contribution in [2.24, 2.45) is 0 Å². The van der Waals surface area contributed by atoms with Gasteiger partial charge in [-0.2, -0.15) is 0 Å². The van der Waals surface area contributed by atoms with E-state index in [0.717, 1.165) is 4.88 Å². The first-order valence-electron chi connectivity index (χ1n) is 4.40. The average molecular weight is 216 g/mol. The number of thiophene rings is 1. The normalized spacial score (nSPS) is 37.6. The fraction of sp³-hybridized carbons (Fsp3) is 0.556. The fourth-order valence-corrected chi connectivity index (χ4v) is 2.39. The predicted molar refractivity (Wildman–Crippen MR) is 51.0 cm³/mol. The number of rotatable bonds is 2. The topological polar surface area (TPSA) is 69.9 Å². The fourth-order valence-electron chi connectivity index (χ4n) is 1.59. The van der Waals surface area contributed by atoms with Crippen molar-refractivity contribution >= 4 is 11.3 Å². The molecule has 1 aromatic heterocycles. The summed E-state index contributed by atoms with van der Waals surface area (Å²) in [5, 5.41) is 29.9. The molecule has 0 spiro atoms. The van der Waals surface area contributed by atoms with Crippen LogP contribution in [0.15, 0.2) is 17.5 Å². The molecule has 1 aliphatic heterocycles. The minimum Gasteiger partial charge on any atom is -0.394 e. The second-order valence-electron chi connectivity index (χ2n) is 3.27. The van der Waals surface area contributed by atoms with Crippen molar-refractivity contribution in [3.8, 4) is 0 Å². The van der Waals surface area contributed by atoms with Crippen LogP contribution in [0.2, 0.25) is 0 Å². The van der Waals surface area contributed by atoms with Crippen molar-refractivity contribution in [2.75, 3.05) is 6.61 Å². The Bertz CT molecular complexity index is 287. The number of ether oxygens (including phenoxy) is 1. The highest BCUT2D eigenvalue weighted by atomic mass is 32.1. The molecule has 4 atom stereocenters. The van der Waals surface area contributed by atoms with Gasteiger partial charge in [-0.05, 0) is 11.4 Å². The molecule has 0 radical (unpaired) electrons. The van der Waals surface area contributed by atoms with Crippen molar-refractivity contribution in [2.45, 2.75) is 24.4 Å². The van der Waals surface area contributed by atoms with Crippen molar-refractivity contribution < 1.29 is 20.1 Å². The van der Waals surface area contributed by atoms with Crippen molar-refractivity contribution in [3.63, 3.8) is 0 Å². The summed E-state index contributed by atoms with van der Waals surface area (Å²) in [7, 11) is 0. The summed E-state index contributed by atoms with van der Waals surface area (Å²) >= 11 is 1.46. The highest BCUT2D eigenvalue weighted by molar-refractivity contribution is 7.10. The zero-order valence-electron chi connectivity index (χ0n) is 7.41. The second kappa shape index (κ2) is 3.96. The van der Waals surface area contributed by atoms with Crippen LogP contribution in [-0.4, -0.2) is 40.2 Å². The van der Waals surface area contributed by atoms with E-state index in [1.165, 1.54) is 11.3 Å². The van der Waals surface area contributed by atoms with Crippen LogP contribution in [-0.2, 0) is 4.74 Å². The molecule has 78 valence electrons. The molecule has 14 heavy (non-hydrogen) atoms. The number of hydrogen-bond acceptors (Lipinski definition) is 5. The van der Waals surface area contributed by atoms with Crippen LogP contribution < -0.4 is 0 Å². The van der Waals surface area contributed by atoms with Crippen molar-refractivity contribution in [1.82, 2.24) is 0 Å². The zero-order valence-corrected chi connectivity index (χ0v) is 8.22. The Morgan fingerprint density at radius 3 is 2.64 bits per heavy atom. The van der Waals surface area contributed by atoms with Crippen LogP contribution in [0.1, 0.15) is 11.0 Å². The van der Waals surface area contributed by atoms with Gasteiger partial charge in [0.05, 0.1) is 6.61 Å². The molecule has 3 N–H and O–H groups in total. The molecule has 2 heterocycles. The van der Waals surface area contributed by atoms with Crippen molar-refractivity contribution in [1.29, 1.82) is 0 Å². The maximum Gasteiger partial charge on any atom is 0.121 e. The van der Waals surface area contributed by atoms with Gasteiger partial charge in [-0.15, -0.1) is 11.3 Å². The van der Waals surface area contributed by atoms with Crippen LogP contribution in [0.5, 0.6) is 0 Å². The summed E-state index contributed by atoms with van der Waals surface area (Å²) in [4.78, 5) is 0.868. The Morgan fingerprint density at radius 1 is 1.36 bits per heavy atom. The smallest absolute Gasteiger partial charge is 0.121 e. The third kappa shape index (κ3) is 1.57. The molecular weight excluding hydrogens is 204 g/mol. The third-order valence-electron chi connectivity index (χ3n) is 2.37. The maximum atomic E-state index is 9.65. The highest BCUT2D eigenvalue weighted by Crippen LogP contribution is 2.35. The van der Waals surface area contributed by atoms with Gasteiger partial charge in [-0.3, -0.25) is 0 Å². The van der Waals surface area contributed by atoms with E-state index in [1.54, 1.807) is 0 Å². The molecule has 0 aliphatic carbocycles. The molecule has 0 bridgehead atoms. The lowest BCUT2D eigenvalue weighted by Crippen LogP contribution is -2.32.